The molecule has 0 aliphatic rings. The number of aromatic amines is 1. The van der Waals surface area contributed by atoms with Crippen molar-refractivity contribution in [3.63, 3.8) is 0 Å². The Labute approximate surface area is 191 Å². The molecule has 0 bridgehead atoms. The maximum Gasteiger partial charge on any atom is 0.233 e. The Morgan fingerprint density at radius 1 is 1.25 bits per heavy atom. The Balaban J connectivity index is 1.88. The van der Waals surface area contributed by atoms with E-state index in [0.29, 0.717) is 22.0 Å². The number of anilines is 1. The molecule has 1 unspecified atom stereocenters. The first-order chi connectivity index (χ1) is 15.2. The number of methoxy groups -OCH3 is 1. The molecule has 1 heterocycles. The standard InChI is InChI=1S/C22H24ClN3O5S/c1-13(15-4-7-17(23)8-5-15)21(28)26-22-24-14(2)20(25-22)16-6-9-18(31-3)19(12-16)32(29,30)11-10-27/h4-9,12-13,27H,10-11H2,1-3H3,(H2,24,25,26,28). The van der Waals surface area contributed by atoms with Gasteiger partial charge in [0.2, 0.25) is 11.9 Å². The second kappa shape index (κ2) is 9.72. The highest BCUT2D eigenvalue weighted by Crippen LogP contribution is 2.32. The average molecular weight is 478 g/mol. The third-order valence-electron chi connectivity index (χ3n) is 5.02. The summed E-state index contributed by atoms with van der Waals surface area (Å²) < 4.78 is 30.2. The van der Waals surface area contributed by atoms with E-state index in [2.05, 4.69) is 15.3 Å². The monoisotopic (exact) mass is 477 g/mol. The fraction of sp³-hybridized carbons (Fsp3) is 0.273. The number of nitrogens with one attached hydrogen (secondary N) is 2. The van der Waals surface area contributed by atoms with Crippen LogP contribution in [-0.4, -0.2) is 48.9 Å². The van der Waals surface area contributed by atoms with Crippen molar-refractivity contribution in [1.82, 2.24) is 9.97 Å². The van der Waals surface area contributed by atoms with Gasteiger partial charge in [0, 0.05) is 16.3 Å². The van der Waals surface area contributed by atoms with Crippen molar-refractivity contribution in [3.8, 4) is 17.0 Å². The molecular weight excluding hydrogens is 454 g/mol. The third kappa shape index (κ3) is 5.12. The summed E-state index contributed by atoms with van der Waals surface area (Å²) in [5, 5.41) is 12.5. The van der Waals surface area contributed by atoms with Crippen LogP contribution >= 0.6 is 11.6 Å². The lowest BCUT2D eigenvalue weighted by atomic mass is 10.0. The number of sulfone groups is 1. The Kier molecular flexibility index (Phi) is 7.22. The molecule has 3 rings (SSSR count). The Hall–Kier alpha value is -2.88. The highest BCUT2D eigenvalue weighted by atomic mass is 35.5. The highest BCUT2D eigenvalue weighted by Gasteiger charge is 2.22. The number of carbonyl (C=O) groups excluding carboxylic acids is 1. The van der Waals surface area contributed by atoms with E-state index in [-0.39, 0.29) is 22.5 Å². The lowest BCUT2D eigenvalue weighted by molar-refractivity contribution is -0.117. The zero-order valence-corrected chi connectivity index (χ0v) is 19.4. The first-order valence-corrected chi connectivity index (χ1v) is 11.8. The highest BCUT2D eigenvalue weighted by molar-refractivity contribution is 7.91. The van der Waals surface area contributed by atoms with Gasteiger partial charge in [-0.05, 0) is 49.7 Å². The first kappa shape index (κ1) is 23.8. The number of imidazole rings is 1. The van der Waals surface area contributed by atoms with Gasteiger partial charge >= 0.3 is 0 Å². The van der Waals surface area contributed by atoms with Crippen LogP contribution in [-0.2, 0) is 14.6 Å². The smallest absolute Gasteiger partial charge is 0.233 e. The molecule has 1 atom stereocenters. The molecule has 32 heavy (non-hydrogen) atoms. The van der Waals surface area contributed by atoms with E-state index in [1.165, 1.54) is 19.2 Å². The van der Waals surface area contributed by atoms with Crippen molar-refractivity contribution in [3.05, 3.63) is 58.7 Å². The minimum Gasteiger partial charge on any atom is -0.495 e. The Morgan fingerprint density at radius 2 is 1.94 bits per heavy atom. The van der Waals surface area contributed by atoms with Crippen molar-refractivity contribution in [2.45, 2.75) is 24.7 Å². The number of aliphatic hydroxyl groups is 1. The lowest BCUT2D eigenvalue weighted by Crippen LogP contribution is -2.19. The van der Waals surface area contributed by atoms with Crippen molar-refractivity contribution < 1.29 is 23.1 Å². The second-order valence-corrected chi connectivity index (χ2v) is 9.74. The predicted octanol–water partition coefficient (Wildman–Crippen LogP) is 3.56. The normalized spacial score (nSPS) is 12.4. The number of ether oxygens (including phenoxy) is 1. The maximum absolute atomic E-state index is 12.7. The molecule has 0 radical (unpaired) electrons. The Morgan fingerprint density at radius 3 is 2.56 bits per heavy atom. The fourth-order valence-corrected chi connectivity index (χ4v) is 4.58. The van der Waals surface area contributed by atoms with E-state index in [9.17, 15) is 13.2 Å². The number of aliphatic hydroxyl groups excluding tert-OH is 1. The van der Waals surface area contributed by atoms with E-state index in [0.717, 1.165) is 5.56 Å². The van der Waals surface area contributed by atoms with E-state index in [1.54, 1.807) is 44.2 Å². The van der Waals surface area contributed by atoms with Gasteiger partial charge in [0.05, 0.1) is 31.1 Å². The van der Waals surface area contributed by atoms with E-state index in [4.69, 9.17) is 21.4 Å². The van der Waals surface area contributed by atoms with Crippen molar-refractivity contribution in [1.29, 1.82) is 0 Å². The molecule has 0 saturated carbocycles. The molecule has 8 nitrogen and oxygen atoms in total. The van der Waals surface area contributed by atoms with Crippen LogP contribution < -0.4 is 10.1 Å². The fourth-order valence-electron chi connectivity index (χ4n) is 3.23. The average Bonchev–Trinajstić information content (AvgIpc) is 3.13. The van der Waals surface area contributed by atoms with Gasteiger partial charge in [-0.25, -0.2) is 13.4 Å². The molecule has 2 aromatic carbocycles. The largest absolute Gasteiger partial charge is 0.495 e. The molecule has 170 valence electrons. The molecule has 0 aliphatic carbocycles. The molecule has 3 aromatic rings. The summed E-state index contributed by atoms with van der Waals surface area (Å²) in [4.78, 5) is 20.1. The summed E-state index contributed by atoms with van der Waals surface area (Å²) in [7, 11) is -2.37. The van der Waals surface area contributed by atoms with Gasteiger partial charge in [0.1, 0.15) is 10.6 Å². The number of rotatable bonds is 8. The molecule has 0 saturated heterocycles. The minimum atomic E-state index is -3.75. The van der Waals surface area contributed by atoms with Gasteiger partial charge in [-0.2, -0.15) is 0 Å². The minimum absolute atomic E-state index is 0.0316. The number of amides is 1. The number of nitrogens with zero attached hydrogens (tertiary/aromatic N) is 1. The third-order valence-corrected chi connectivity index (χ3v) is 6.98. The number of benzene rings is 2. The SMILES string of the molecule is COc1ccc(-c2nc(NC(=O)C(C)c3ccc(Cl)cc3)[nH]c2C)cc1S(=O)(=O)CCO. The summed E-state index contributed by atoms with van der Waals surface area (Å²) in [6.07, 6.45) is 0. The van der Waals surface area contributed by atoms with Gasteiger partial charge in [-0.3, -0.25) is 10.1 Å². The summed E-state index contributed by atoms with van der Waals surface area (Å²) in [5.41, 5.74) is 2.48. The molecule has 1 aromatic heterocycles. The van der Waals surface area contributed by atoms with E-state index < -0.39 is 28.1 Å². The molecule has 3 N–H and O–H groups in total. The van der Waals surface area contributed by atoms with Crippen LogP contribution in [0.25, 0.3) is 11.3 Å². The molecule has 0 spiro atoms. The number of hydrogen-bond acceptors (Lipinski definition) is 6. The maximum atomic E-state index is 12.7. The van der Waals surface area contributed by atoms with Crippen LogP contribution in [0, 0.1) is 6.92 Å². The van der Waals surface area contributed by atoms with Gasteiger partial charge in [-0.15, -0.1) is 0 Å². The van der Waals surface area contributed by atoms with Crippen molar-refractivity contribution in [2.24, 2.45) is 0 Å². The van der Waals surface area contributed by atoms with Crippen molar-refractivity contribution in [2.75, 3.05) is 24.8 Å². The summed E-state index contributed by atoms with van der Waals surface area (Å²) in [6, 6.07) is 11.7. The van der Waals surface area contributed by atoms with Crippen LogP contribution in [0.3, 0.4) is 0 Å². The number of aryl methyl sites for hydroxylation is 1. The lowest BCUT2D eigenvalue weighted by Gasteiger charge is -2.11. The van der Waals surface area contributed by atoms with Crippen LogP contribution in [0.4, 0.5) is 5.95 Å². The topological polar surface area (TPSA) is 121 Å². The number of H-pyrrole nitrogens is 1. The second-order valence-electron chi connectivity index (χ2n) is 7.23. The summed E-state index contributed by atoms with van der Waals surface area (Å²) >= 11 is 5.91. The predicted molar refractivity (Wildman–Crippen MR) is 123 cm³/mol. The van der Waals surface area contributed by atoms with Crippen LogP contribution in [0.1, 0.15) is 24.1 Å². The van der Waals surface area contributed by atoms with Gasteiger partial charge in [0.15, 0.2) is 9.84 Å². The van der Waals surface area contributed by atoms with Gasteiger partial charge in [-0.1, -0.05) is 23.7 Å². The van der Waals surface area contributed by atoms with Crippen molar-refractivity contribution >= 4 is 33.3 Å². The number of halogens is 1. The van der Waals surface area contributed by atoms with E-state index >= 15 is 0 Å². The van der Waals surface area contributed by atoms with Gasteiger partial charge in [0.25, 0.3) is 0 Å². The van der Waals surface area contributed by atoms with Crippen LogP contribution in [0.2, 0.25) is 5.02 Å². The molecule has 0 aliphatic heterocycles. The van der Waals surface area contributed by atoms with Gasteiger partial charge < -0.3 is 14.8 Å². The van der Waals surface area contributed by atoms with E-state index in [1.807, 2.05) is 0 Å². The summed E-state index contributed by atoms with van der Waals surface area (Å²) in [5.74, 6) is -0.679. The molecule has 0 fully saturated rings. The first-order valence-electron chi connectivity index (χ1n) is 9.81. The zero-order valence-electron chi connectivity index (χ0n) is 17.8. The number of hydrogen-bond donors (Lipinski definition) is 3. The molecular formula is C22H24ClN3O5S. The number of carbonyl (C=O) groups is 1. The Bertz CT molecular complexity index is 1220. The van der Waals surface area contributed by atoms with Crippen LogP contribution in [0.5, 0.6) is 5.75 Å². The molecule has 10 heteroatoms. The summed E-state index contributed by atoms with van der Waals surface area (Å²) in [6.45, 7) is 3.04. The quantitative estimate of drug-likeness (QED) is 0.456. The van der Waals surface area contributed by atoms with Crippen LogP contribution in [0.15, 0.2) is 47.4 Å². The molecule has 1 amide bonds. The number of aromatic nitrogens is 2. The zero-order chi connectivity index (χ0) is 23.5.